The Kier molecular flexibility index (Phi) is 5.14. The minimum Gasteiger partial charge on any atom is -0.348 e. The van der Waals surface area contributed by atoms with Gasteiger partial charge in [-0.1, -0.05) is 37.8 Å². The minimum absolute atomic E-state index is 0.151. The van der Waals surface area contributed by atoms with Gasteiger partial charge in [0.2, 0.25) is 0 Å². The molecule has 19 heavy (non-hydrogen) atoms. The molecular formula is C14H20ClN3O. The quantitative estimate of drug-likeness (QED) is 0.922. The second-order valence-electron chi connectivity index (χ2n) is 5.13. The van der Waals surface area contributed by atoms with Crippen LogP contribution in [0.3, 0.4) is 0 Å². The molecule has 104 valence electrons. The highest BCUT2D eigenvalue weighted by molar-refractivity contribution is 6.29. The van der Waals surface area contributed by atoms with E-state index in [4.69, 9.17) is 11.6 Å². The van der Waals surface area contributed by atoms with Crippen molar-refractivity contribution in [2.45, 2.75) is 51.5 Å². The summed E-state index contributed by atoms with van der Waals surface area (Å²) in [4.78, 5) is 12.1. The second kappa shape index (κ2) is 6.85. The van der Waals surface area contributed by atoms with Gasteiger partial charge in [-0.15, -0.1) is 10.2 Å². The van der Waals surface area contributed by atoms with Crippen molar-refractivity contribution in [3.63, 3.8) is 0 Å². The minimum atomic E-state index is -0.151. The van der Waals surface area contributed by atoms with Gasteiger partial charge in [-0.3, -0.25) is 4.79 Å². The molecular weight excluding hydrogens is 262 g/mol. The zero-order chi connectivity index (χ0) is 13.7. The fraction of sp³-hybridized carbons (Fsp3) is 0.643. The van der Waals surface area contributed by atoms with E-state index in [0.717, 1.165) is 6.42 Å². The van der Waals surface area contributed by atoms with E-state index in [1.54, 1.807) is 12.1 Å². The third-order valence-electron chi connectivity index (χ3n) is 3.84. The first-order valence-corrected chi connectivity index (χ1v) is 7.38. The van der Waals surface area contributed by atoms with Crippen LogP contribution >= 0.6 is 11.6 Å². The van der Waals surface area contributed by atoms with Gasteiger partial charge in [0.25, 0.3) is 5.91 Å². The van der Waals surface area contributed by atoms with Crippen LogP contribution in [0.4, 0.5) is 0 Å². The number of rotatable bonds is 4. The van der Waals surface area contributed by atoms with Gasteiger partial charge < -0.3 is 5.32 Å². The number of nitrogens with one attached hydrogen (secondary N) is 1. The van der Waals surface area contributed by atoms with Crippen LogP contribution in [0.25, 0.3) is 0 Å². The molecule has 1 aliphatic carbocycles. The van der Waals surface area contributed by atoms with Crippen molar-refractivity contribution in [2.24, 2.45) is 5.92 Å². The van der Waals surface area contributed by atoms with E-state index in [9.17, 15) is 4.79 Å². The van der Waals surface area contributed by atoms with Gasteiger partial charge in [0.05, 0.1) is 0 Å². The number of carbonyl (C=O) groups is 1. The molecule has 1 aliphatic rings. The van der Waals surface area contributed by atoms with E-state index in [-0.39, 0.29) is 11.9 Å². The summed E-state index contributed by atoms with van der Waals surface area (Å²) in [6.45, 7) is 2.12. The van der Waals surface area contributed by atoms with Gasteiger partial charge in [0.1, 0.15) is 0 Å². The SMILES string of the molecule is CCC(NC(=O)c1ccc(Cl)nn1)C1CCCCC1. The summed E-state index contributed by atoms with van der Waals surface area (Å²) in [5, 5.41) is 10.9. The Morgan fingerprint density at radius 3 is 2.68 bits per heavy atom. The number of carbonyl (C=O) groups excluding carboxylic acids is 1. The van der Waals surface area contributed by atoms with E-state index < -0.39 is 0 Å². The number of nitrogens with zero attached hydrogens (tertiary/aromatic N) is 2. The molecule has 1 unspecified atom stereocenters. The summed E-state index contributed by atoms with van der Waals surface area (Å²) in [5.74, 6) is 0.449. The number of halogens is 1. The fourth-order valence-electron chi connectivity index (χ4n) is 2.77. The largest absolute Gasteiger partial charge is 0.348 e. The van der Waals surface area contributed by atoms with Gasteiger partial charge in [-0.05, 0) is 37.3 Å². The van der Waals surface area contributed by atoms with Gasteiger partial charge >= 0.3 is 0 Å². The van der Waals surface area contributed by atoms with Crippen molar-refractivity contribution in [2.75, 3.05) is 0 Å². The van der Waals surface area contributed by atoms with Crippen molar-refractivity contribution in [1.29, 1.82) is 0 Å². The maximum Gasteiger partial charge on any atom is 0.272 e. The lowest BCUT2D eigenvalue weighted by molar-refractivity contribution is 0.0905. The molecule has 1 saturated carbocycles. The lowest BCUT2D eigenvalue weighted by atomic mass is 9.83. The van der Waals surface area contributed by atoms with Crippen LogP contribution in [-0.4, -0.2) is 22.1 Å². The molecule has 1 fully saturated rings. The third-order valence-corrected chi connectivity index (χ3v) is 4.04. The zero-order valence-corrected chi connectivity index (χ0v) is 12.0. The Bertz CT molecular complexity index is 415. The van der Waals surface area contributed by atoms with Gasteiger partial charge in [0, 0.05) is 6.04 Å². The first-order valence-electron chi connectivity index (χ1n) is 7.00. The van der Waals surface area contributed by atoms with Crippen molar-refractivity contribution in [3.8, 4) is 0 Å². The first-order chi connectivity index (χ1) is 9.20. The summed E-state index contributed by atoms with van der Waals surface area (Å²) in [7, 11) is 0. The number of amides is 1. The summed E-state index contributed by atoms with van der Waals surface area (Å²) < 4.78 is 0. The zero-order valence-electron chi connectivity index (χ0n) is 11.2. The highest BCUT2D eigenvalue weighted by Crippen LogP contribution is 2.27. The Morgan fingerprint density at radius 1 is 1.37 bits per heavy atom. The molecule has 0 bridgehead atoms. The van der Waals surface area contributed by atoms with Crippen molar-refractivity contribution in [1.82, 2.24) is 15.5 Å². The van der Waals surface area contributed by atoms with E-state index in [0.29, 0.717) is 16.8 Å². The molecule has 1 aromatic rings. The highest BCUT2D eigenvalue weighted by Gasteiger charge is 2.24. The maximum atomic E-state index is 12.1. The number of hydrogen-bond acceptors (Lipinski definition) is 3. The summed E-state index contributed by atoms with van der Waals surface area (Å²) >= 11 is 5.67. The standard InChI is InChI=1S/C14H20ClN3O/c1-2-11(10-6-4-3-5-7-10)16-14(19)12-8-9-13(15)18-17-12/h8-11H,2-7H2,1H3,(H,16,19). The van der Waals surface area contributed by atoms with Crippen LogP contribution in [0.5, 0.6) is 0 Å². The predicted octanol–water partition coefficient (Wildman–Crippen LogP) is 3.22. The van der Waals surface area contributed by atoms with E-state index >= 15 is 0 Å². The first kappa shape index (κ1) is 14.3. The molecule has 0 radical (unpaired) electrons. The molecule has 5 heteroatoms. The Balaban J connectivity index is 1.97. The van der Waals surface area contributed by atoms with Crippen molar-refractivity contribution >= 4 is 17.5 Å². The van der Waals surface area contributed by atoms with E-state index in [1.165, 1.54) is 32.1 Å². The van der Waals surface area contributed by atoms with Crippen molar-refractivity contribution in [3.05, 3.63) is 23.0 Å². The number of hydrogen-bond donors (Lipinski definition) is 1. The second-order valence-corrected chi connectivity index (χ2v) is 5.51. The van der Waals surface area contributed by atoms with Gasteiger partial charge in [0.15, 0.2) is 10.8 Å². The van der Waals surface area contributed by atoms with Crippen molar-refractivity contribution < 1.29 is 4.79 Å². The Labute approximate surface area is 118 Å². The molecule has 1 heterocycles. The molecule has 1 amide bonds. The fourth-order valence-corrected chi connectivity index (χ4v) is 2.87. The highest BCUT2D eigenvalue weighted by atomic mass is 35.5. The molecule has 1 aromatic heterocycles. The maximum absolute atomic E-state index is 12.1. The summed E-state index contributed by atoms with van der Waals surface area (Å²) in [6.07, 6.45) is 7.26. The summed E-state index contributed by atoms with van der Waals surface area (Å²) in [6, 6.07) is 3.44. The molecule has 0 aliphatic heterocycles. The average molecular weight is 282 g/mol. The van der Waals surface area contributed by atoms with Crippen LogP contribution in [-0.2, 0) is 0 Å². The Hall–Kier alpha value is -1.16. The monoisotopic (exact) mass is 281 g/mol. The lowest BCUT2D eigenvalue weighted by Gasteiger charge is -2.30. The molecule has 0 spiro atoms. The normalized spacial score (nSPS) is 18.0. The molecule has 4 nitrogen and oxygen atoms in total. The topological polar surface area (TPSA) is 54.9 Å². The third kappa shape index (κ3) is 3.90. The molecule has 1 atom stereocenters. The van der Waals surface area contributed by atoms with Crippen LogP contribution in [0.1, 0.15) is 55.9 Å². The Morgan fingerprint density at radius 2 is 2.11 bits per heavy atom. The number of aromatic nitrogens is 2. The van der Waals surface area contributed by atoms with Gasteiger partial charge in [-0.25, -0.2) is 0 Å². The molecule has 0 aromatic carbocycles. The molecule has 0 saturated heterocycles. The average Bonchev–Trinajstić information content (AvgIpc) is 2.46. The van der Waals surface area contributed by atoms with E-state index in [1.807, 2.05) is 0 Å². The lowest BCUT2D eigenvalue weighted by Crippen LogP contribution is -2.41. The van der Waals surface area contributed by atoms with Crippen LogP contribution in [0.2, 0.25) is 5.15 Å². The van der Waals surface area contributed by atoms with Gasteiger partial charge in [-0.2, -0.15) is 0 Å². The van der Waals surface area contributed by atoms with Crippen LogP contribution in [0.15, 0.2) is 12.1 Å². The van der Waals surface area contributed by atoms with Crippen LogP contribution in [0, 0.1) is 5.92 Å². The molecule has 2 rings (SSSR count). The van der Waals surface area contributed by atoms with Crippen LogP contribution < -0.4 is 5.32 Å². The molecule has 1 N–H and O–H groups in total. The smallest absolute Gasteiger partial charge is 0.272 e. The summed E-state index contributed by atoms with van der Waals surface area (Å²) in [5.41, 5.74) is 0.332. The van der Waals surface area contributed by atoms with E-state index in [2.05, 4.69) is 22.4 Å². The predicted molar refractivity (Wildman–Crippen MR) is 75.2 cm³/mol.